The van der Waals surface area contributed by atoms with Crippen LogP contribution in [-0.2, 0) is 0 Å². The van der Waals surface area contributed by atoms with E-state index in [0.717, 1.165) is 5.92 Å². The number of allylic oxidation sites excluding steroid dienone is 5. The summed E-state index contributed by atoms with van der Waals surface area (Å²) >= 11 is 0. The molecule has 236 valence electrons. The summed E-state index contributed by atoms with van der Waals surface area (Å²) < 4.78 is 0. The van der Waals surface area contributed by atoms with Crippen molar-refractivity contribution in [1.82, 2.24) is 0 Å². The van der Waals surface area contributed by atoms with Gasteiger partial charge >= 0.3 is 0 Å². The molecule has 0 heteroatoms. The van der Waals surface area contributed by atoms with Gasteiger partial charge in [-0.05, 0) is 70.1 Å². The van der Waals surface area contributed by atoms with Crippen LogP contribution in [0, 0.1) is 5.92 Å². The maximum Gasteiger partial charge on any atom is -0.0236 e. The minimum Gasteiger partial charge on any atom is -0.103 e. The fraction of sp³-hybridized carbons (Fsp3) is 0.850. The SMILES string of the molecule is C=CC(CCCCCCCC/C=C\CCCCCCCC)CCCCCCCCC/C=C\CCCCCCCC. The first kappa shape index (κ1) is 39.2. The lowest BCUT2D eigenvalue weighted by Gasteiger charge is -2.12. The molecule has 0 nitrogen and oxygen atoms in total. The highest BCUT2D eigenvalue weighted by Gasteiger charge is 2.04. The summed E-state index contributed by atoms with van der Waals surface area (Å²) in [6.45, 7) is 8.73. The number of rotatable bonds is 34. The van der Waals surface area contributed by atoms with Gasteiger partial charge in [-0.25, -0.2) is 0 Å². The van der Waals surface area contributed by atoms with Gasteiger partial charge in [0.15, 0.2) is 0 Å². The summed E-state index contributed by atoms with van der Waals surface area (Å²) in [5.41, 5.74) is 0. The first-order valence-electron chi connectivity index (χ1n) is 18.8. The lowest BCUT2D eigenvalue weighted by molar-refractivity contribution is 0.464. The van der Waals surface area contributed by atoms with E-state index in [2.05, 4.69) is 50.8 Å². The molecule has 0 aromatic rings. The Morgan fingerprint density at radius 2 is 0.600 bits per heavy atom. The van der Waals surface area contributed by atoms with Crippen LogP contribution in [0.25, 0.3) is 0 Å². The van der Waals surface area contributed by atoms with Crippen molar-refractivity contribution < 1.29 is 0 Å². The molecule has 0 heterocycles. The molecule has 0 aliphatic heterocycles. The maximum absolute atomic E-state index is 4.14. The molecular weight excluding hydrogens is 480 g/mol. The highest BCUT2D eigenvalue weighted by atomic mass is 14.1. The Kier molecular flexibility index (Phi) is 35.5. The first-order valence-corrected chi connectivity index (χ1v) is 18.8. The molecule has 0 fully saturated rings. The van der Waals surface area contributed by atoms with Gasteiger partial charge in [-0.3, -0.25) is 0 Å². The summed E-state index contributed by atoms with van der Waals surface area (Å²) in [4.78, 5) is 0. The molecule has 1 atom stereocenters. The third-order valence-electron chi connectivity index (χ3n) is 8.76. The van der Waals surface area contributed by atoms with Crippen LogP contribution in [0.15, 0.2) is 37.0 Å². The Labute approximate surface area is 255 Å². The predicted molar refractivity (Wildman–Crippen MR) is 186 cm³/mol. The first-order chi connectivity index (χ1) is 19.8. The average Bonchev–Trinajstić information content (AvgIpc) is 2.97. The molecule has 0 saturated carbocycles. The quantitative estimate of drug-likeness (QED) is 0.0546. The molecule has 0 bridgehead atoms. The number of unbranched alkanes of at least 4 members (excludes halogenated alkanes) is 25. The zero-order valence-corrected chi connectivity index (χ0v) is 28.1. The zero-order chi connectivity index (χ0) is 29.0. The van der Waals surface area contributed by atoms with Gasteiger partial charge < -0.3 is 0 Å². The van der Waals surface area contributed by atoms with E-state index in [4.69, 9.17) is 0 Å². The van der Waals surface area contributed by atoms with Crippen molar-refractivity contribution in [3.63, 3.8) is 0 Å². The topological polar surface area (TPSA) is 0 Å². The second-order valence-corrected chi connectivity index (χ2v) is 12.8. The molecule has 0 saturated heterocycles. The summed E-state index contributed by atoms with van der Waals surface area (Å²) in [7, 11) is 0. The second-order valence-electron chi connectivity index (χ2n) is 12.8. The summed E-state index contributed by atoms with van der Waals surface area (Å²) in [5, 5.41) is 0. The Hall–Kier alpha value is -0.780. The molecule has 0 radical (unpaired) electrons. The average molecular weight is 557 g/mol. The Balaban J connectivity index is 3.34. The normalized spacial score (nSPS) is 12.7. The minimum absolute atomic E-state index is 0.764. The molecule has 0 rings (SSSR count). The van der Waals surface area contributed by atoms with Gasteiger partial charge in [0.1, 0.15) is 0 Å². The third kappa shape index (κ3) is 33.4. The number of hydrogen-bond acceptors (Lipinski definition) is 0. The van der Waals surface area contributed by atoms with E-state index in [1.165, 1.54) is 199 Å². The molecule has 0 aromatic heterocycles. The summed E-state index contributed by atoms with van der Waals surface area (Å²) in [6.07, 6.45) is 55.3. The molecule has 0 amide bonds. The molecule has 1 unspecified atom stereocenters. The molecule has 40 heavy (non-hydrogen) atoms. The van der Waals surface area contributed by atoms with Crippen LogP contribution in [0.1, 0.15) is 213 Å². The van der Waals surface area contributed by atoms with E-state index in [-0.39, 0.29) is 0 Å². The van der Waals surface area contributed by atoms with Crippen LogP contribution in [0.2, 0.25) is 0 Å². The smallest absolute Gasteiger partial charge is 0.0236 e. The van der Waals surface area contributed by atoms with E-state index in [9.17, 15) is 0 Å². The highest BCUT2D eigenvalue weighted by molar-refractivity contribution is 4.82. The maximum atomic E-state index is 4.14. The molecule has 0 aliphatic carbocycles. The highest BCUT2D eigenvalue weighted by Crippen LogP contribution is 2.20. The van der Waals surface area contributed by atoms with Crippen LogP contribution in [0.3, 0.4) is 0 Å². The van der Waals surface area contributed by atoms with Crippen molar-refractivity contribution in [2.75, 3.05) is 0 Å². The lowest BCUT2D eigenvalue weighted by atomic mass is 9.94. The molecule has 0 aromatic carbocycles. The fourth-order valence-electron chi connectivity index (χ4n) is 5.86. The van der Waals surface area contributed by atoms with Gasteiger partial charge in [-0.2, -0.15) is 0 Å². The van der Waals surface area contributed by atoms with Crippen molar-refractivity contribution in [1.29, 1.82) is 0 Å². The van der Waals surface area contributed by atoms with E-state index < -0.39 is 0 Å². The predicted octanol–water partition coefficient (Wildman–Crippen LogP) is 15.0. The van der Waals surface area contributed by atoms with Crippen LogP contribution < -0.4 is 0 Å². The van der Waals surface area contributed by atoms with Crippen molar-refractivity contribution in [3.8, 4) is 0 Å². The number of hydrogen-bond donors (Lipinski definition) is 0. The van der Waals surface area contributed by atoms with Crippen LogP contribution in [0.4, 0.5) is 0 Å². The van der Waals surface area contributed by atoms with Crippen molar-refractivity contribution >= 4 is 0 Å². The Morgan fingerprint density at radius 3 is 0.875 bits per heavy atom. The van der Waals surface area contributed by atoms with Crippen LogP contribution in [-0.4, -0.2) is 0 Å². The minimum atomic E-state index is 0.764. The largest absolute Gasteiger partial charge is 0.103 e. The lowest BCUT2D eigenvalue weighted by Crippen LogP contribution is -1.97. The van der Waals surface area contributed by atoms with Crippen molar-refractivity contribution in [2.45, 2.75) is 213 Å². The Bertz CT molecular complexity index is 512. The standard InChI is InChI=1S/C40H76/c1-4-7-9-11-13-15-17-19-21-23-25-27-29-31-33-35-37-39-40(6-3)38-36-34-32-30-28-26-24-22-20-18-16-14-12-10-8-5-2/h6,19-22,40H,3-5,7-18,23-39H2,1-2H3/b21-19-,22-20-. The van der Waals surface area contributed by atoms with E-state index >= 15 is 0 Å². The molecule has 0 N–H and O–H groups in total. The van der Waals surface area contributed by atoms with Gasteiger partial charge in [0.2, 0.25) is 0 Å². The summed E-state index contributed by atoms with van der Waals surface area (Å²) in [5.74, 6) is 0.764. The van der Waals surface area contributed by atoms with Crippen molar-refractivity contribution in [3.05, 3.63) is 37.0 Å². The van der Waals surface area contributed by atoms with Gasteiger partial charge in [-0.15, -0.1) is 6.58 Å². The molecule has 0 spiro atoms. The fourth-order valence-corrected chi connectivity index (χ4v) is 5.86. The van der Waals surface area contributed by atoms with E-state index in [1.807, 2.05) is 0 Å². The second kappa shape index (κ2) is 36.2. The molecule has 0 aliphatic rings. The Morgan fingerprint density at radius 1 is 0.350 bits per heavy atom. The van der Waals surface area contributed by atoms with Gasteiger partial charge in [0.05, 0.1) is 0 Å². The van der Waals surface area contributed by atoms with Gasteiger partial charge in [-0.1, -0.05) is 179 Å². The van der Waals surface area contributed by atoms with Crippen LogP contribution >= 0.6 is 0 Å². The molecular formula is C40H76. The van der Waals surface area contributed by atoms with Crippen molar-refractivity contribution in [2.24, 2.45) is 5.92 Å². The van der Waals surface area contributed by atoms with E-state index in [1.54, 1.807) is 0 Å². The van der Waals surface area contributed by atoms with E-state index in [0.29, 0.717) is 0 Å². The van der Waals surface area contributed by atoms with Gasteiger partial charge in [0.25, 0.3) is 0 Å². The zero-order valence-electron chi connectivity index (χ0n) is 28.1. The third-order valence-corrected chi connectivity index (χ3v) is 8.76. The summed E-state index contributed by atoms with van der Waals surface area (Å²) in [6, 6.07) is 0. The van der Waals surface area contributed by atoms with Gasteiger partial charge in [0, 0.05) is 0 Å². The monoisotopic (exact) mass is 557 g/mol. The van der Waals surface area contributed by atoms with Crippen LogP contribution in [0.5, 0.6) is 0 Å².